The summed E-state index contributed by atoms with van der Waals surface area (Å²) in [5, 5.41) is 12.0. The predicted molar refractivity (Wildman–Crippen MR) is 180 cm³/mol. The number of fused-ring (bicyclic) bond motifs is 2. The summed E-state index contributed by atoms with van der Waals surface area (Å²) in [7, 11) is 32.7. The van der Waals surface area contributed by atoms with Crippen molar-refractivity contribution in [3.8, 4) is 11.8 Å². The Morgan fingerprint density at radius 2 is 1.84 bits per heavy atom. The molecule has 0 aliphatic heterocycles. The first-order valence-corrected chi connectivity index (χ1v) is 13.6. The van der Waals surface area contributed by atoms with Crippen LogP contribution in [0.3, 0.4) is 0 Å². The summed E-state index contributed by atoms with van der Waals surface area (Å²) in [5.41, 5.74) is 6.90. The van der Waals surface area contributed by atoms with Crippen molar-refractivity contribution in [1.29, 1.82) is 0 Å². The number of amides is 1. The molecule has 1 atom stereocenters. The van der Waals surface area contributed by atoms with Crippen molar-refractivity contribution in [2.75, 3.05) is 5.73 Å². The first-order valence-electron chi connectivity index (χ1n) is 13.6. The van der Waals surface area contributed by atoms with Crippen LogP contribution in [0.25, 0.3) is 16.4 Å². The van der Waals surface area contributed by atoms with Gasteiger partial charge in [0.25, 0.3) is 0 Å². The maximum atomic E-state index is 14.3. The second-order valence-electron chi connectivity index (χ2n) is 10.3. The van der Waals surface area contributed by atoms with Crippen molar-refractivity contribution in [2.24, 2.45) is 7.05 Å². The summed E-state index contributed by atoms with van der Waals surface area (Å²) in [5.74, 6) is 5.49. The molecule has 1 aromatic carbocycles. The van der Waals surface area contributed by atoms with E-state index >= 15 is 0 Å². The Morgan fingerprint density at radius 3 is 2.53 bits per heavy atom. The minimum absolute atomic E-state index is 0.00581. The van der Waals surface area contributed by atoms with Crippen LogP contribution in [0.15, 0.2) is 81.8 Å². The zero-order chi connectivity index (χ0) is 32.6. The van der Waals surface area contributed by atoms with Crippen LogP contribution in [0, 0.1) is 11.8 Å². The molecule has 0 saturated carbocycles. The fourth-order valence-electron chi connectivity index (χ4n) is 4.76. The first-order chi connectivity index (χ1) is 21.4. The number of nitrogens with two attached hydrogens (primary N) is 1. The van der Waals surface area contributed by atoms with Gasteiger partial charge in [-0.25, -0.2) is 0 Å². The van der Waals surface area contributed by atoms with Gasteiger partial charge in [0.05, 0.1) is 0 Å². The van der Waals surface area contributed by atoms with E-state index in [1.807, 2.05) is 0 Å². The molecular formula is C30H22B5N8O2. The number of rotatable bonds is 6. The van der Waals surface area contributed by atoms with Gasteiger partial charge in [-0.2, -0.15) is 0 Å². The molecule has 10 nitrogen and oxygen atoms in total. The summed E-state index contributed by atoms with van der Waals surface area (Å²) in [6.07, 6.45) is 6.50. The zero-order valence-corrected chi connectivity index (χ0v) is 24.7. The molecule has 15 heteroatoms. The fourth-order valence-corrected chi connectivity index (χ4v) is 4.76. The summed E-state index contributed by atoms with van der Waals surface area (Å²) in [4.78, 5) is 32.1. The van der Waals surface area contributed by atoms with E-state index in [4.69, 9.17) is 44.6 Å². The van der Waals surface area contributed by atoms with Crippen LogP contribution >= 0.6 is 0 Å². The van der Waals surface area contributed by atoms with E-state index in [0.717, 1.165) is 0 Å². The number of carbonyl (C=O) groups excluding carboxylic acids is 1. The number of nitrogens with zero attached hydrogens (tertiary/aromatic N) is 6. The number of benzene rings is 1. The standard InChI is InChI=1S/C30H22B5N8O2/c1-15(31)23(32)24(33)25(34)26(35)43-20(16(2)39-29(44)22-27(36)40-42-11-5-10-37-28(22)42)12-19-7-4-6-18(21(19)30(43)45)9-8-17-13-38-41(3)14-17/h4-7,10-14,16H,1-3H3,(H2,36,40)(H,39,44)/b23-15-,25-24-/t16-/m1/s1. The number of aromatic nitrogens is 6. The minimum atomic E-state index is -0.825. The van der Waals surface area contributed by atoms with Gasteiger partial charge in [0, 0.05) is 0 Å². The van der Waals surface area contributed by atoms with E-state index in [0.29, 0.717) is 16.5 Å². The molecule has 0 spiro atoms. The molecule has 0 aliphatic rings. The van der Waals surface area contributed by atoms with E-state index in [2.05, 4.69) is 32.3 Å². The predicted octanol–water partition coefficient (Wildman–Crippen LogP) is 0.514. The summed E-state index contributed by atoms with van der Waals surface area (Å²) >= 11 is 0. The molecule has 4 heterocycles. The number of hydrogen-bond acceptors (Lipinski definition) is 6. The van der Waals surface area contributed by atoms with Crippen LogP contribution in [-0.2, 0) is 7.05 Å². The summed E-state index contributed by atoms with van der Waals surface area (Å²) < 4.78 is 4.19. The van der Waals surface area contributed by atoms with E-state index < -0.39 is 17.5 Å². The van der Waals surface area contributed by atoms with Gasteiger partial charge in [-0.1, -0.05) is 0 Å². The SMILES string of the molecule is [B]/C(C)=C([B])/C([B])=C(/[B])C(=[B])n1c([C@@H](C)NC(=O)c2c(N)nn3cccnc23)cc2cccc(C#Cc3cnn(C)c3)c2c1=O. The van der Waals surface area contributed by atoms with Gasteiger partial charge in [-0.3, -0.25) is 0 Å². The molecule has 209 valence electrons. The third kappa shape index (κ3) is 5.96. The third-order valence-corrected chi connectivity index (χ3v) is 7.08. The number of pyridine rings is 1. The Balaban J connectivity index is 1.69. The van der Waals surface area contributed by atoms with E-state index in [9.17, 15) is 9.59 Å². The van der Waals surface area contributed by atoms with Crippen LogP contribution in [0.4, 0.5) is 5.82 Å². The van der Waals surface area contributed by atoms with Crippen LogP contribution in [0.1, 0.15) is 47.1 Å². The molecule has 1 amide bonds. The van der Waals surface area contributed by atoms with Crippen LogP contribution in [0.2, 0.25) is 0 Å². The van der Waals surface area contributed by atoms with Gasteiger partial charge in [0.2, 0.25) is 0 Å². The average molecular weight is 581 g/mol. The molecule has 0 unspecified atom stereocenters. The number of allylic oxidation sites excluding steroid dienone is 4. The molecule has 9 radical (unpaired) electrons. The molecule has 5 rings (SSSR count). The van der Waals surface area contributed by atoms with E-state index in [1.165, 1.54) is 15.3 Å². The Morgan fingerprint density at radius 1 is 1.09 bits per heavy atom. The topological polar surface area (TPSA) is 125 Å². The Hall–Kier alpha value is -5.24. The second kappa shape index (κ2) is 12.4. The first kappa shape index (κ1) is 31.2. The third-order valence-electron chi connectivity index (χ3n) is 7.08. The van der Waals surface area contributed by atoms with Crippen molar-refractivity contribution in [3.63, 3.8) is 0 Å². The number of aryl methyl sites for hydroxylation is 1. The monoisotopic (exact) mass is 581 g/mol. The van der Waals surface area contributed by atoms with Crippen LogP contribution in [-0.4, -0.2) is 79.3 Å². The van der Waals surface area contributed by atoms with Gasteiger partial charge in [0.1, 0.15) is 0 Å². The maximum absolute atomic E-state index is 14.3. The van der Waals surface area contributed by atoms with Gasteiger partial charge < -0.3 is 0 Å². The average Bonchev–Trinajstić information content (AvgIpc) is 3.59. The molecule has 0 bridgehead atoms. The van der Waals surface area contributed by atoms with Gasteiger partial charge in [-0.05, 0) is 0 Å². The normalized spacial score (nSPS) is 13.0. The van der Waals surface area contributed by atoms with Crippen molar-refractivity contribution in [1.82, 2.24) is 34.3 Å². The van der Waals surface area contributed by atoms with Gasteiger partial charge in [-0.15, -0.1) is 0 Å². The number of anilines is 1. The molecule has 0 fully saturated rings. The van der Waals surface area contributed by atoms with Crippen molar-refractivity contribution < 1.29 is 4.79 Å². The van der Waals surface area contributed by atoms with Crippen molar-refractivity contribution >= 4 is 72.6 Å². The van der Waals surface area contributed by atoms with Gasteiger partial charge >= 0.3 is 266 Å². The van der Waals surface area contributed by atoms with Crippen molar-refractivity contribution in [2.45, 2.75) is 19.9 Å². The number of carbonyl (C=O) groups is 1. The van der Waals surface area contributed by atoms with Gasteiger partial charge in [0.15, 0.2) is 0 Å². The summed E-state index contributed by atoms with van der Waals surface area (Å²) in [6.45, 7) is 3.22. The molecular weight excluding hydrogens is 558 g/mol. The Labute approximate surface area is 265 Å². The summed E-state index contributed by atoms with van der Waals surface area (Å²) in [6, 6.07) is 7.78. The van der Waals surface area contributed by atoms with Crippen molar-refractivity contribution in [3.05, 3.63) is 110 Å². The molecule has 0 aliphatic carbocycles. The second-order valence-corrected chi connectivity index (χ2v) is 10.3. The zero-order valence-electron chi connectivity index (χ0n) is 24.7. The molecule has 0 saturated heterocycles. The van der Waals surface area contributed by atoms with E-state index in [-0.39, 0.29) is 55.6 Å². The Bertz CT molecular complexity index is 2210. The van der Waals surface area contributed by atoms with Crippen LogP contribution in [0.5, 0.6) is 0 Å². The Kier molecular flexibility index (Phi) is 8.60. The molecule has 45 heavy (non-hydrogen) atoms. The quantitative estimate of drug-likeness (QED) is 0.171. The molecule has 5 aromatic rings. The van der Waals surface area contributed by atoms with Crippen LogP contribution < -0.4 is 16.6 Å². The number of nitrogen functional groups attached to an aromatic ring is 1. The number of hydrogen-bond donors (Lipinski definition) is 2. The molecule has 4 aromatic heterocycles. The number of nitrogens with one attached hydrogen (secondary N) is 1. The fraction of sp³-hybridized carbons (Fsp3) is 0.133. The molecule has 3 N–H and O–H groups in total. The van der Waals surface area contributed by atoms with E-state index in [1.54, 1.807) is 74.5 Å².